The molecule has 1 saturated heterocycles. The van der Waals surface area contributed by atoms with E-state index < -0.39 is 40.0 Å². The Balaban J connectivity index is 1.52. The Bertz CT molecular complexity index is 1390. The van der Waals surface area contributed by atoms with Gasteiger partial charge in [-0.3, -0.25) is 9.10 Å². The number of halogens is 4. The first kappa shape index (κ1) is 27.2. The number of sulfonamides is 1. The Labute approximate surface area is 217 Å². The molecule has 4 rings (SSSR count). The van der Waals surface area contributed by atoms with Crippen LogP contribution in [0.5, 0.6) is 5.75 Å². The number of benzene rings is 3. The van der Waals surface area contributed by atoms with Gasteiger partial charge < -0.3 is 14.5 Å². The van der Waals surface area contributed by atoms with Crippen molar-refractivity contribution in [1.82, 2.24) is 4.90 Å². The lowest BCUT2D eigenvalue weighted by Crippen LogP contribution is -2.52. The van der Waals surface area contributed by atoms with E-state index in [1.54, 1.807) is 11.0 Å². The molecule has 3 aromatic rings. The topological polar surface area (TPSA) is 70.2 Å². The number of amides is 1. The molecule has 0 aliphatic carbocycles. The first-order valence-electron chi connectivity index (χ1n) is 11.6. The van der Waals surface area contributed by atoms with E-state index >= 15 is 0 Å². The zero-order valence-corrected chi connectivity index (χ0v) is 21.2. The largest absolute Gasteiger partial charge is 0.497 e. The summed E-state index contributed by atoms with van der Waals surface area (Å²) >= 11 is 0. The molecule has 7 nitrogen and oxygen atoms in total. The molecular weight excluding hydrogens is 526 g/mol. The van der Waals surface area contributed by atoms with Gasteiger partial charge in [0.25, 0.3) is 10.0 Å². The number of hydrogen-bond donors (Lipinski definition) is 0. The van der Waals surface area contributed by atoms with E-state index in [0.717, 1.165) is 22.5 Å². The smallest absolute Gasteiger partial charge is 0.416 e. The molecule has 0 radical (unpaired) electrons. The van der Waals surface area contributed by atoms with Crippen LogP contribution in [0.2, 0.25) is 0 Å². The van der Waals surface area contributed by atoms with Gasteiger partial charge in [-0.2, -0.15) is 13.2 Å². The van der Waals surface area contributed by atoms with E-state index in [0.29, 0.717) is 11.4 Å². The van der Waals surface area contributed by atoms with Gasteiger partial charge >= 0.3 is 6.18 Å². The maximum Gasteiger partial charge on any atom is 0.416 e. The van der Waals surface area contributed by atoms with Crippen LogP contribution in [0.3, 0.4) is 0 Å². The van der Waals surface area contributed by atoms with Crippen LogP contribution in [0.15, 0.2) is 77.7 Å². The van der Waals surface area contributed by atoms with Gasteiger partial charge in [-0.05, 0) is 54.6 Å². The molecule has 0 atom stereocenters. The highest BCUT2D eigenvalue weighted by molar-refractivity contribution is 7.92. The van der Waals surface area contributed by atoms with E-state index in [2.05, 4.69) is 0 Å². The molecule has 0 bridgehead atoms. The Hall–Kier alpha value is -3.80. The second-order valence-corrected chi connectivity index (χ2v) is 10.4. The quantitative estimate of drug-likeness (QED) is 0.408. The number of piperazine rings is 1. The summed E-state index contributed by atoms with van der Waals surface area (Å²) in [5, 5.41) is 0. The van der Waals surface area contributed by atoms with Crippen molar-refractivity contribution in [2.45, 2.75) is 11.1 Å². The maximum atomic E-state index is 14.7. The lowest BCUT2D eigenvalue weighted by molar-refractivity contribution is -0.137. The van der Waals surface area contributed by atoms with Crippen LogP contribution in [-0.2, 0) is 21.0 Å². The molecule has 1 aliphatic heterocycles. The minimum Gasteiger partial charge on any atom is -0.497 e. The monoisotopic (exact) mass is 551 g/mol. The van der Waals surface area contributed by atoms with E-state index in [9.17, 15) is 30.8 Å². The number of ether oxygens (including phenoxy) is 1. The molecule has 202 valence electrons. The lowest BCUT2D eigenvalue weighted by Gasteiger charge is -2.37. The molecule has 0 saturated carbocycles. The molecule has 0 spiro atoms. The number of rotatable bonds is 7. The lowest BCUT2D eigenvalue weighted by atomic mass is 10.1. The molecule has 0 N–H and O–H groups in total. The third kappa shape index (κ3) is 5.85. The van der Waals surface area contributed by atoms with Crippen molar-refractivity contribution in [2.24, 2.45) is 0 Å². The number of hydrogen-bond acceptors (Lipinski definition) is 5. The van der Waals surface area contributed by atoms with Crippen LogP contribution in [0.1, 0.15) is 5.56 Å². The zero-order chi connectivity index (χ0) is 27.5. The predicted molar refractivity (Wildman–Crippen MR) is 134 cm³/mol. The summed E-state index contributed by atoms with van der Waals surface area (Å²) in [7, 11) is -2.90. The van der Waals surface area contributed by atoms with Crippen molar-refractivity contribution in [1.29, 1.82) is 0 Å². The normalized spacial score (nSPS) is 14.3. The predicted octanol–water partition coefficient (Wildman–Crippen LogP) is 4.40. The molecule has 0 aromatic heterocycles. The first-order chi connectivity index (χ1) is 18.0. The van der Waals surface area contributed by atoms with Gasteiger partial charge in [-0.25, -0.2) is 12.8 Å². The number of carbonyl (C=O) groups is 1. The minimum absolute atomic E-state index is 0.149. The number of anilines is 2. The van der Waals surface area contributed by atoms with Gasteiger partial charge in [-0.1, -0.05) is 18.2 Å². The summed E-state index contributed by atoms with van der Waals surface area (Å²) in [4.78, 5) is 16.2. The van der Waals surface area contributed by atoms with Gasteiger partial charge in [0.1, 0.15) is 18.1 Å². The summed E-state index contributed by atoms with van der Waals surface area (Å²) in [5.74, 6) is -0.947. The Kier molecular flexibility index (Phi) is 7.81. The average Bonchev–Trinajstić information content (AvgIpc) is 2.92. The number of para-hydroxylation sites is 1. The summed E-state index contributed by atoms with van der Waals surface area (Å²) in [5.41, 5.74) is -0.668. The highest BCUT2D eigenvalue weighted by Crippen LogP contribution is 2.32. The first-order valence-corrected chi connectivity index (χ1v) is 13.1. The van der Waals surface area contributed by atoms with Crippen molar-refractivity contribution >= 4 is 27.3 Å². The van der Waals surface area contributed by atoms with Crippen molar-refractivity contribution in [3.8, 4) is 5.75 Å². The summed E-state index contributed by atoms with van der Waals surface area (Å²) in [6.45, 7) is 0.153. The summed E-state index contributed by atoms with van der Waals surface area (Å²) in [6, 6.07) is 15.7. The Morgan fingerprint density at radius 3 is 2.21 bits per heavy atom. The molecular formula is C26H25F4N3O4S. The fraction of sp³-hybridized carbons (Fsp3) is 0.269. The fourth-order valence-corrected chi connectivity index (χ4v) is 5.57. The molecule has 1 amide bonds. The highest BCUT2D eigenvalue weighted by atomic mass is 32.2. The molecule has 1 heterocycles. The van der Waals surface area contributed by atoms with Crippen molar-refractivity contribution < 1.29 is 35.5 Å². The molecule has 1 fully saturated rings. The minimum atomic E-state index is -4.47. The van der Waals surface area contributed by atoms with Crippen molar-refractivity contribution in [2.75, 3.05) is 49.0 Å². The van der Waals surface area contributed by atoms with Gasteiger partial charge in [0.2, 0.25) is 5.91 Å². The van der Waals surface area contributed by atoms with E-state index in [4.69, 9.17) is 4.74 Å². The van der Waals surface area contributed by atoms with Gasteiger partial charge in [0.15, 0.2) is 0 Å². The number of nitrogens with zero attached hydrogens (tertiary/aromatic N) is 3. The second-order valence-electron chi connectivity index (χ2n) is 8.55. The van der Waals surface area contributed by atoms with Crippen LogP contribution >= 0.6 is 0 Å². The van der Waals surface area contributed by atoms with Gasteiger partial charge in [0, 0.05) is 31.9 Å². The summed E-state index contributed by atoms with van der Waals surface area (Å²) < 4.78 is 86.8. The molecule has 1 aliphatic rings. The number of methoxy groups -OCH3 is 1. The fourth-order valence-electron chi connectivity index (χ4n) is 4.14. The second kappa shape index (κ2) is 10.9. The van der Waals surface area contributed by atoms with Crippen LogP contribution in [-0.4, -0.2) is 59.1 Å². The van der Waals surface area contributed by atoms with Crippen LogP contribution in [0.4, 0.5) is 28.9 Å². The van der Waals surface area contributed by atoms with Crippen molar-refractivity contribution in [3.05, 3.63) is 84.2 Å². The van der Waals surface area contributed by atoms with Crippen molar-refractivity contribution in [3.63, 3.8) is 0 Å². The van der Waals surface area contributed by atoms with E-state index in [1.165, 1.54) is 60.5 Å². The SMILES string of the molecule is COc1ccc(S(=O)(=O)N(CC(=O)N2CCN(c3cccc(C(F)(F)F)c3)CC2)c2ccccc2F)cc1. The Morgan fingerprint density at radius 1 is 0.947 bits per heavy atom. The molecule has 12 heteroatoms. The van der Waals surface area contributed by atoms with Crippen LogP contribution in [0, 0.1) is 5.82 Å². The molecule has 0 unspecified atom stereocenters. The number of alkyl halides is 3. The van der Waals surface area contributed by atoms with E-state index in [1.807, 2.05) is 0 Å². The third-order valence-electron chi connectivity index (χ3n) is 6.22. The Morgan fingerprint density at radius 2 is 1.61 bits per heavy atom. The molecule has 3 aromatic carbocycles. The third-order valence-corrected chi connectivity index (χ3v) is 7.99. The van der Waals surface area contributed by atoms with Crippen LogP contribution < -0.4 is 13.9 Å². The van der Waals surface area contributed by atoms with E-state index in [-0.39, 0.29) is 36.8 Å². The van der Waals surface area contributed by atoms with Gasteiger partial charge in [-0.15, -0.1) is 0 Å². The summed E-state index contributed by atoms with van der Waals surface area (Å²) in [6.07, 6.45) is -4.47. The van der Waals surface area contributed by atoms with Crippen LogP contribution in [0.25, 0.3) is 0 Å². The number of carbonyl (C=O) groups excluding carboxylic acids is 1. The standard InChI is InChI=1S/C26H25F4N3O4S/c1-37-21-9-11-22(12-10-21)38(35,36)33(24-8-3-2-7-23(24)27)18-25(34)32-15-13-31(14-16-32)20-6-4-5-19(17-20)26(28,29)30/h2-12,17H,13-16,18H2,1H3. The maximum absolute atomic E-state index is 14.7. The van der Waals surface area contributed by atoms with Gasteiger partial charge in [0.05, 0.1) is 23.3 Å². The molecule has 38 heavy (non-hydrogen) atoms. The average molecular weight is 552 g/mol. The highest BCUT2D eigenvalue weighted by Gasteiger charge is 2.33. The zero-order valence-electron chi connectivity index (χ0n) is 20.4.